The largest absolute Gasteiger partial charge is 0.399 e. The molecule has 82 valence electrons. The third kappa shape index (κ3) is 2.48. The summed E-state index contributed by atoms with van der Waals surface area (Å²) in [4.78, 5) is 0. The maximum absolute atomic E-state index is 12.0. The van der Waals surface area contributed by atoms with Crippen molar-refractivity contribution in [1.29, 1.82) is 0 Å². The Kier molecular flexibility index (Phi) is 3.69. The molecule has 4 nitrogen and oxygen atoms in total. The topological polar surface area (TPSA) is 61.6 Å². The minimum atomic E-state index is -3.24. The second-order valence-corrected chi connectivity index (χ2v) is 5.20. The third-order valence-electron chi connectivity index (χ3n) is 2.06. The van der Waals surface area contributed by atoms with Gasteiger partial charge in [-0.3, -0.25) is 4.57 Å². The van der Waals surface area contributed by atoms with Crippen LogP contribution in [0.2, 0.25) is 0 Å². The van der Waals surface area contributed by atoms with Crippen LogP contribution in [0, 0.1) is 0 Å². The molecule has 1 aromatic rings. The minimum absolute atomic E-state index is 0.326. The van der Waals surface area contributed by atoms with Crippen LogP contribution in [0.15, 0.2) is 30.8 Å². The normalized spacial score (nSPS) is 11.3. The predicted octanol–water partition coefficient (Wildman–Crippen LogP) is 2.73. The summed E-state index contributed by atoms with van der Waals surface area (Å²) in [7, 11) is -0.592. The van der Waals surface area contributed by atoms with Crippen molar-refractivity contribution >= 4 is 18.6 Å². The molecule has 15 heavy (non-hydrogen) atoms. The lowest BCUT2D eigenvalue weighted by Gasteiger charge is -2.16. The molecule has 0 aromatic heterocycles. The van der Waals surface area contributed by atoms with Crippen LogP contribution in [0.4, 0.5) is 5.69 Å². The Labute approximate surface area is 89.2 Å². The molecule has 5 heteroatoms. The van der Waals surface area contributed by atoms with E-state index in [2.05, 4.69) is 6.58 Å². The van der Waals surface area contributed by atoms with Gasteiger partial charge in [-0.25, -0.2) is 0 Å². The zero-order valence-corrected chi connectivity index (χ0v) is 9.66. The number of anilines is 1. The Morgan fingerprint density at radius 2 is 1.73 bits per heavy atom. The smallest absolute Gasteiger partial charge is 0.360 e. The van der Waals surface area contributed by atoms with Gasteiger partial charge in [0.2, 0.25) is 0 Å². The molecule has 0 atom stereocenters. The average molecular weight is 227 g/mol. The highest BCUT2D eigenvalue weighted by atomic mass is 31.2. The van der Waals surface area contributed by atoms with Gasteiger partial charge in [-0.05, 0) is 17.7 Å². The van der Waals surface area contributed by atoms with Crippen molar-refractivity contribution in [2.45, 2.75) is 0 Å². The van der Waals surface area contributed by atoms with Gasteiger partial charge in [0.15, 0.2) is 0 Å². The van der Waals surface area contributed by atoms with Crippen LogP contribution in [0.5, 0.6) is 0 Å². The molecule has 0 aliphatic carbocycles. The van der Waals surface area contributed by atoms with Gasteiger partial charge in [-0.15, -0.1) is 0 Å². The number of benzene rings is 1. The fourth-order valence-electron chi connectivity index (χ4n) is 1.13. The summed E-state index contributed by atoms with van der Waals surface area (Å²) in [6.45, 7) is 3.71. The molecule has 0 amide bonds. The molecule has 1 rings (SSSR count). The minimum Gasteiger partial charge on any atom is -0.399 e. The summed E-state index contributed by atoms with van der Waals surface area (Å²) in [5.41, 5.74) is 6.87. The van der Waals surface area contributed by atoms with Gasteiger partial charge in [-0.1, -0.05) is 18.7 Å². The van der Waals surface area contributed by atoms with E-state index in [1.54, 1.807) is 24.3 Å². The van der Waals surface area contributed by atoms with Crippen molar-refractivity contribution in [2.24, 2.45) is 0 Å². The van der Waals surface area contributed by atoms with E-state index in [1.807, 2.05) is 0 Å². The molecule has 0 radical (unpaired) electrons. The Balaban J connectivity index is 3.04. The summed E-state index contributed by atoms with van der Waals surface area (Å²) in [6.07, 6.45) is 0. The zero-order valence-electron chi connectivity index (χ0n) is 8.77. The predicted molar refractivity (Wildman–Crippen MR) is 61.5 cm³/mol. The van der Waals surface area contributed by atoms with E-state index in [1.165, 1.54) is 14.2 Å². The summed E-state index contributed by atoms with van der Waals surface area (Å²) >= 11 is 0. The van der Waals surface area contributed by atoms with E-state index in [4.69, 9.17) is 14.8 Å². The lowest BCUT2D eigenvalue weighted by Crippen LogP contribution is -1.92. The Morgan fingerprint density at radius 3 is 2.13 bits per heavy atom. The van der Waals surface area contributed by atoms with Crippen molar-refractivity contribution in [2.75, 3.05) is 20.0 Å². The number of rotatable bonds is 4. The lowest BCUT2D eigenvalue weighted by molar-refractivity contribution is 0.288. The molecular formula is C10H14NO3P. The molecule has 0 aliphatic heterocycles. The van der Waals surface area contributed by atoms with Gasteiger partial charge in [0.1, 0.15) is 0 Å². The van der Waals surface area contributed by atoms with E-state index in [9.17, 15) is 4.57 Å². The van der Waals surface area contributed by atoms with Crippen molar-refractivity contribution < 1.29 is 13.6 Å². The number of hydrogen-bond acceptors (Lipinski definition) is 4. The van der Waals surface area contributed by atoms with Gasteiger partial charge < -0.3 is 14.8 Å². The summed E-state index contributed by atoms with van der Waals surface area (Å²) in [5.74, 6) is 0. The van der Waals surface area contributed by atoms with Crippen molar-refractivity contribution in [3.8, 4) is 0 Å². The Bertz CT molecular complexity index is 392. The number of hydrogen-bond donors (Lipinski definition) is 1. The van der Waals surface area contributed by atoms with Gasteiger partial charge in [-0.2, -0.15) is 0 Å². The van der Waals surface area contributed by atoms with E-state index in [0.717, 1.165) is 0 Å². The molecule has 0 unspecified atom stereocenters. The highest BCUT2D eigenvalue weighted by molar-refractivity contribution is 7.65. The van der Waals surface area contributed by atoms with Crippen LogP contribution in [-0.4, -0.2) is 14.2 Å². The van der Waals surface area contributed by atoms with Gasteiger partial charge in [0.05, 0.1) is 5.31 Å². The first-order valence-electron chi connectivity index (χ1n) is 4.30. The van der Waals surface area contributed by atoms with Crippen LogP contribution in [0.1, 0.15) is 5.56 Å². The molecule has 1 aromatic carbocycles. The SMILES string of the molecule is C=C(c1ccc(N)cc1)P(=O)(OC)OC. The molecule has 0 saturated carbocycles. The molecule has 0 bridgehead atoms. The van der Waals surface area contributed by atoms with Crippen LogP contribution >= 0.6 is 7.60 Å². The first kappa shape index (κ1) is 12.0. The maximum atomic E-state index is 12.0. The maximum Gasteiger partial charge on any atom is 0.360 e. The van der Waals surface area contributed by atoms with E-state index in [-0.39, 0.29) is 0 Å². The Morgan fingerprint density at radius 1 is 1.27 bits per heavy atom. The van der Waals surface area contributed by atoms with Crippen LogP contribution in [-0.2, 0) is 13.6 Å². The highest BCUT2D eigenvalue weighted by Gasteiger charge is 2.26. The molecule has 0 spiro atoms. The molecule has 0 heterocycles. The summed E-state index contributed by atoms with van der Waals surface area (Å²) in [6, 6.07) is 6.86. The number of nitrogens with two attached hydrogens (primary N) is 1. The van der Waals surface area contributed by atoms with E-state index in [0.29, 0.717) is 16.6 Å². The lowest BCUT2D eigenvalue weighted by atomic mass is 10.2. The standard InChI is InChI=1S/C10H14NO3P/c1-8(15(12,13-2)14-3)9-4-6-10(11)7-5-9/h4-7H,1,11H2,2-3H3. The molecular weight excluding hydrogens is 213 g/mol. The molecule has 0 fully saturated rings. The van der Waals surface area contributed by atoms with Crippen LogP contribution < -0.4 is 5.73 Å². The van der Waals surface area contributed by atoms with Gasteiger partial charge in [0.25, 0.3) is 0 Å². The van der Waals surface area contributed by atoms with Gasteiger partial charge in [0, 0.05) is 19.9 Å². The summed E-state index contributed by atoms with van der Waals surface area (Å²) < 4.78 is 21.6. The quantitative estimate of drug-likeness (QED) is 0.634. The van der Waals surface area contributed by atoms with Crippen molar-refractivity contribution in [3.63, 3.8) is 0 Å². The molecule has 0 aliphatic rings. The highest BCUT2D eigenvalue weighted by Crippen LogP contribution is 2.58. The second-order valence-electron chi connectivity index (χ2n) is 2.93. The molecule has 0 saturated heterocycles. The van der Waals surface area contributed by atoms with E-state index >= 15 is 0 Å². The second kappa shape index (κ2) is 4.62. The average Bonchev–Trinajstić information content (AvgIpc) is 2.28. The fraction of sp³-hybridized carbons (Fsp3) is 0.200. The van der Waals surface area contributed by atoms with Crippen LogP contribution in [0.3, 0.4) is 0 Å². The first-order chi connectivity index (χ1) is 7.03. The van der Waals surface area contributed by atoms with Crippen molar-refractivity contribution in [1.82, 2.24) is 0 Å². The zero-order chi connectivity index (χ0) is 11.5. The Hall–Kier alpha value is -1.09. The van der Waals surface area contributed by atoms with Crippen LogP contribution in [0.25, 0.3) is 5.31 Å². The monoisotopic (exact) mass is 227 g/mol. The van der Waals surface area contributed by atoms with E-state index < -0.39 is 7.60 Å². The van der Waals surface area contributed by atoms with Gasteiger partial charge >= 0.3 is 7.60 Å². The third-order valence-corrected chi connectivity index (χ3v) is 3.94. The molecule has 2 N–H and O–H groups in total. The summed E-state index contributed by atoms with van der Waals surface area (Å²) in [5, 5.41) is 0.326. The van der Waals surface area contributed by atoms with Crippen molar-refractivity contribution in [3.05, 3.63) is 36.4 Å². The first-order valence-corrected chi connectivity index (χ1v) is 5.84. The fourth-order valence-corrected chi connectivity index (χ4v) is 2.18. The number of nitrogen functional groups attached to an aromatic ring is 1.